The van der Waals surface area contributed by atoms with Gasteiger partial charge in [0.2, 0.25) is 11.9 Å². The SMILES string of the molecule is CC(C)(C)C(NC(=O)O)C1CCN(c2nc(Nc3ccc(C(N)=O)cc3)ncc2F)CC1. The standard InChI is InChI=1S/C22H29FN6O3/c1-22(2,3)17(27-21(31)32)13-8-10-29(11-9-13)19-16(23)12-25-20(28-19)26-15-6-4-14(5-7-15)18(24)30/h4-7,12-13,17,27H,8-11H2,1-3H3,(H2,24,30)(H,31,32)(H,25,26,28). The molecule has 1 aliphatic heterocycles. The third-order valence-electron chi connectivity index (χ3n) is 5.67. The highest BCUT2D eigenvalue weighted by molar-refractivity contribution is 5.93. The highest BCUT2D eigenvalue weighted by atomic mass is 19.1. The molecule has 0 aliphatic carbocycles. The Balaban J connectivity index is 1.70. The molecule has 1 aliphatic rings. The number of nitrogens with two attached hydrogens (primary N) is 1. The van der Waals surface area contributed by atoms with Crippen LogP contribution in [0.25, 0.3) is 0 Å². The van der Waals surface area contributed by atoms with E-state index >= 15 is 0 Å². The van der Waals surface area contributed by atoms with Gasteiger partial charge in [-0.2, -0.15) is 4.98 Å². The summed E-state index contributed by atoms with van der Waals surface area (Å²) in [6.07, 6.45) is 1.51. The van der Waals surface area contributed by atoms with Gasteiger partial charge >= 0.3 is 6.09 Å². The molecule has 172 valence electrons. The van der Waals surface area contributed by atoms with Gasteiger partial charge in [-0.25, -0.2) is 14.2 Å². The molecule has 32 heavy (non-hydrogen) atoms. The van der Waals surface area contributed by atoms with E-state index in [0.29, 0.717) is 37.2 Å². The van der Waals surface area contributed by atoms with E-state index in [1.165, 1.54) is 0 Å². The summed E-state index contributed by atoms with van der Waals surface area (Å²) < 4.78 is 14.5. The van der Waals surface area contributed by atoms with Gasteiger partial charge in [0.1, 0.15) is 0 Å². The molecule has 1 saturated heterocycles. The molecule has 1 fully saturated rings. The molecule has 0 bridgehead atoms. The summed E-state index contributed by atoms with van der Waals surface area (Å²) in [4.78, 5) is 32.7. The number of piperidine rings is 1. The van der Waals surface area contributed by atoms with E-state index in [1.54, 1.807) is 24.3 Å². The first kappa shape index (κ1) is 23.2. The molecule has 9 nitrogen and oxygen atoms in total. The molecule has 2 heterocycles. The number of carbonyl (C=O) groups is 2. The van der Waals surface area contributed by atoms with Gasteiger partial charge in [0.25, 0.3) is 0 Å². The van der Waals surface area contributed by atoms with Crippen molar-refractivity contribution in [2.75, 3.05) is 23.3 Å². The summed E-state index contributed by atoms with van der Waals surface area (Å²) in [5, 5.41) is 14.9. The quantitative estimate of drug-likeness (QED) is 0.537. The van der Waals surface area contributed by atoms with Gasteiger partial charge in [-0.3, -0.25) is 4.79 Å². The summed E-state index contributed by atoms with van der Waals surface area (Å²) in [5.74, 6) is -0.459. The summed E-state index contributed by atoms with van der Waals surface area (Å²) in [7, 11) is 0. The summed E-state index contributed by atoms with van der Waals surface area (Å²) >= 11 is 0. The second-order valence-corrected chi connectivity index (χ2v) is 9.05. The number of amides is 2. The van der Waals surface area contributed by atoms with Crippen LogP contribution in [0.1, 0.15) is 44.0 Å². The van der Waals surface area contributed by atoms with Gasteiger partial charge in [-0.1, -0.05) is 20.8 Å². The van der Waals surface area contributed by atoms with Gasteiger partial charge in [-0.15, -0.1) is 0 Å². The number of carboxylic acid groups (broad SMARTS) is 1. The van der Waals surface area contributed by atoms with Crippen LogP contribution >= 0.6 is 0 Å². The molecule has 3 rings (SSSR count). The van der Waals surface area contributed by atoms with Crippen molar-refractivity contribution in [3.8, 4) is 0 Å². The van der Waals surface area contributed by atoms with Crippen LogP contribution in [0.2, 0.25) is 0 Å². The lowest BCUT2D eigenvalue weighted by Gasteiger charge is -2.41. The number of carbonyl (C=O) groups excluding carboxylic acids is 1. The van der Waals surface area contributed by atoms with Gasteiger partial charge in [-0.05, 0) is 48.4 Å². The Kier molecular flexibility index (Phi) is 6.81. The van der Waals surface area contributed by atoms with E-state index in [9.17, 15) is 19.1 Å². The number of hydrogen-bond acceptors (Lipinski definition) is 6. The maximum atomic E-state index is 14.5. The van der Waals surface area contributed by atoms with Crippen LogP contribution in [0, 0.1) is 17.2 Å². The smallest absolute Gasteiger partial charge is 0.404 e. The zero-order chi connectivity index (χ0) is 23.5. The van der Waals surface area contributed by atoms with Crippen molar-refractivity contribution >= 4 is 29.5 Å². The predicted molar refractivity (Wildman–Crippen MR) is 120 cm³/mol. The topological polar surface area (TPSA) is 133 Å². The van der Waals surface area contributed by atoms with Gasteiger partial charge in [0.15, 0.2) is 11.6 Å². The van der Waals surface area contributed by atoms with Crippen LogP contribution in [0.4, 0.5) is 26.6 Å². The molecule has 0 spiro atoms. The average Bonchev–Trinajstić information content (AvgIpc) is 2.73. The number of nitrogens with zero attached hydrogens (tertiary/aromatic N) is 3. The Hall–Kier alpha value is -3.43. The van der Waals surface area contributed by atoms with Gasteiger partial charge < -0.3 is 26.4 Å². The van der Waals surface area contributed by atoms with Gasteiger partial charge in [0, 0.05) is 30.4 Å². The molecule has 1 aromatic heterocycles. The molecule has 0 saturated carbocycles. The fourth-order valence-corrected chi connectivity index (χ4v) is 4.11. The van der Waals surface area contributed by atoms with Crippen molar-refractivity contribution in [2.45, 2.75) is 39.7 Å². The Morgan fingerprint density at radius 1 is 1.22 bits per heavy atom. The number of hydrogen-bond donors (Lipinski definition) is 4. The molecule has 2 amide bonds. The van der Waals surface area contributed by atoms with Crippen LogP contribution in [-0.2, 0) is 0 Å². The molecular weight excluding hydrogens is 415 g/mol. The first-order chi connectivity index (χ1) is 15.0. The van der Waals surface area contributed by atoms with E-state index in [-0.39, 0.29) is 29.1 Å². The molecule has 5 N–H and O–H groups in total. The Morgan fingerprint density at radius 3 is 2.38 bits per heavy atom. The maximum Gasteiger partial charge on any atom is 0.404 e. The molecule has 2 aromatic rings. The lowest BCUT2D eigenvalue weighted by Crippen LogP contribution is -2.51. The number of anilines is 3. The predicted octanol–water partition coefficient (Wildman–Crippen LogP) is 3.36. The minimum Gasteiger partial charge on any atom is -0.465 e. The van der Waals surface area contributed by atoms with E-state index in [4.69, 9.17) is 5.73 Å². The zero-order valence-corrected chi connectivity index (χ0v) is 18.4. The third kappa shape index (κ3) is 5.63. The summed E-state index contributed by atoms with van der Waals surface area (Å²) in [6.45, 7) is 7.15. The zero-order valence-electron chi connectivity index (χ0n) is 18.4. The largest absolute Gasteiger partial charge is 0.465 e. The Morgan fingerprint density at radius 2 is 1.84 bits per heavy atom. The van der Waals surface area contributed by atoms with Crippen LogP contribution < -0.4 is 21.3 Å². The maximum absolute atomic E-state index is 14.5. The Labute approximate surface area is 186 Å². The molecule has 10 heteroatoms. The number of rotatable bonds is 6. The first-order valence-electron chi connectivity index (χ1n) is 10.5. The first-order valence-corrected chi connectivity index (χ1v) is 10.5. The highest BCUT2D eigenvalue weighted by Crippen LogP contribution is 2.33. The molecule has 1 aromatic carbocycles. The van der Waals surface area contributed by atoms with E-state index in [2.05, 4.69) is 20.6 Å². The van der Waals surface area contributed by atoms with Crippen LogP contribution in [0.15, 0.2) is 30.5 Å². The number of halogens is 1. The van der Waals surface area contributed by atoms with Crippen molar-refractivity contribution in [1.29, 1.82) is 0 Å². The molecule has 0 radical (unpaired) electrons. The van der Waals surface area contributed by atoms with Crippen molar-refractivity contribution in [2.24, 2.45) is 17.1 Å². The fourth-order valence-electron chi connectivity index (χ4n) is 4.11. The van der Waals surface area contributed by atoms with Crippen molar-refractivity contribution in [3.05, 3.63) is 41.8 Å². The van der Waals surface area contributed by atoms with Crippen molar-refractivity contribution < 1.29 is 19.1 Å². The Bertz CT molecular complexity index is 969. The van der Waals surface area contributed by atoms with E-state index in [1.807, 2.05) is 25.7 Å². The third-order valence-corrected chi connectivity index (χ3v) is 5.67. The molecule has 1 atom stereocenters. The van der Waals surface area contributed by atoms with Crippen LogP contribution in [0.5, 0.6) is 0 Å². The molecular formula is C22H29FN6O3. The summed E-state index contributed by atoms with van der Waals surface area (Å²) in [6, 6.07) is 6.30. The monoisotopic (exact) mass is 444 g/mol. The molecule has 1 unspecified atom stereocenters. The minimum atomic E-state index is -1.03. The average molecular weight is 445 g/mol. The normalized spacial score (nSPS) is 15.8. The number of nitrogens with one attached hydrogen (secondary N) is 2. The van der Waals surface area contributed by atoms with Crippen molar-refractivity contribution in [3.63, 3.8) is 0 Å². The second-order valence-electron chi connectivity index (χ2n) is 9.05. The fraction of sp³-hybridized carbons (Fsp3) is 0.455. The number of benzene rings is 1. The number of aromatic nitrogens is 2. The van der Waals surface area contributed by atoms with Gasteiger partial charge in [0.05, 0.1) is 6.20 Å². The van der Waals surface area contributed by atoms with E-state index < -0.39 is 17.8 Å². The lowest BCUT2D eigenvalue weighted by molar-refractivity contribution is 0.1000. The van der Waals surface area contributed by atoms with Crippen molar-refractivity contribution in [1.82, 2.24) is 15.3 Å². The minimum absolute atomic E-state index is 0.147. The van der Waals surface area contributed by atoms with Crippen LogP contribution in [0.3, 0.4) is 0 Å². The second kappa shape index (κ2) is 9.37. The highest BCUT2D eigenvalue weighted by Gasteiger charge is 2.36. The van der Waals surface area contributed by atoms with Crippen LogP contribution in [-0.4, -0.2) is 46.2 Å². The lowest BCUT2D eigenvalue weighted by atomic mass is 9.75. The van der Waals surface area contributed by atoms with E-state index in [0.717, 1.165) is 6.20 Å². The number of primary amides is 1. The summed E-state index contributed by atoms with van der Waals surface area (Å²) in [5.41, 5.74) is 6.04.